The van der Waals surface area contributed by atoms with Gasteiger partial charge < -0.3 is 9.67 Å². The summed E-state index contributed by atoms with van der Waals surface area (Å²) in [6, 6.07) is 0. The minimum Gasteiger partial charge on any atom is -0.393 e. The second-order valence-electron chi connectivity index (χ2n) is 2.92. The third kappa shape index (κ3) is 2.72. The summed E-state index contributed by atoms with van der Waals surface area (Å²) in [7, 11) is 1.94. The van der Waals surface area contributed by atoms with Crippen LogP contribution in [0.25, 0.3) is 0 Å². The van der Waals surface area contributed by atoms with E-state index in [-0.39, 0.29) is 6.10 Å². The van der Waals surface area contributed by atoms with E-state index >= 15 is 0 Å². The lowest BCUT2D eigenvalue weighted by Gasteiger charge is -1.99. The normalized spacial score (nSPS) is 13.4. The third-order valence-electron chi connectivity index (χ3n) is 1.58. The predicted octanol–water partition coefficient (Wildman–Crippen LogP) is 0.734. The zero-order valence-corrected chi connectivity index (χ0v) is 6.99. The Morgan fingerprint density at radius 1 is 1.73 bits per heavy atom. The number of aromatic nitrogens is 2. The van der Waals surface area contributed by atoms with Gasteiger partial charge in [0, 0.05) is 13.2 Å². The smallest absolute Gasteiger partial charge is 0.0946 e. The first kappa shape index (κ1) is 8.27. The molecule has 3 nitrogen and oxygen atoms in total. The van der Waals surface area contributed by atoms with Gasteiger partial charge in [-0.3, -0.25) is 0 Å². The zero-order chi connectivity index (χ0) is 8.27. The average molecular weight is 154 g/mol. The molecule has 1 N–H and O–H groups in total. The highest BCUT2D eigenvalue weighted by Gasteiger charge is 1.99. The first-order valence-corrected chi connectivity index (χ1v) is 3.83. The Kier molecular flexibility index (Phi) is 2.65. The quantitative estimate of drug-likeness (QED) is 0.697. The van der Waals surface area contributed by atoms with E-state index in [9.17, 15) is 0 Å². The molecule has 1 heterocycles. The SMILES string of the molecule is CC(O)CCc1cn(C)cn1. The van der Waals surface area contributed by atoms with Gasteiger partial charge in [-0.15, -0.1) is 0 Å². The van der Waals surface area contributed by atoms with Crippen molar-refractivity contribution in [1.29, 1.82) is 0 Å². The van der Waals surface area contributed by atoms with Crippen molar-refractivity contribution in [2.45, 2.75) is 25.9 Å². The molecule has 0 fully saturated rings. The predicted molar refractivity (Wildman–Crippen MR) is 43.2 cm³/mol. The summed E-state index contributed by atoms with van der Waals surface area (Å²) in [4.78, 5) is 4.14. The number of hydrogen-bond acceptors (Lipinski definition) is 2. The largest absolute Gasteiger partial charge is 0.393 e. The number of aliphatic hydroxyl groups is 1. The molecule has 1 unspecified atom stereocenters. The lowest BCUT2D eigenvalue weighted by Crippen LogP contribution is -2.01. The number of nitrogens with zero attached hydrogens (tertiary/aromatic N) is 2. The molecular weight excluding hydrogens is 140 g/mol. The number of aliphatic hydroxyl groups excluding tert-OH is 1. The molecule has 0 bridgehead atoms. The standard InChI is InChI=1S/C8H14N2O/c1-7(11)3-4-8-5-10(2)6-9-8/h5-7,11H,3-4H2,1-2H3. The second kappa shape index (κ2) is 3.53. The van der Waals surface area contributed by atoms with Gasteiger partial charge in [-0.25, -0.2) is 4.98 Å². The van der Waals surface area contributed by atoms with Crippen LogP contribution in [0.5, 0.6) is 0 Å². The van der Waals surface area contributed by atoms with Gasteiger partial charge in [0.25, 0.3) is 0 Å². The van der Waals surface area contributed by atoms with Gasteiger partial charge in [0.1, 0.15) is 0 Å². The van der Waals surface area contributed by atoms with Crippen LogP contribution in [0.4, 0.5) is 0 Å². The van der Waals surface area contributed by atoms with Crippen LogP contribution in [-0.2, 0) is 13.5 Å². The van der Waals surface area contributed by atoms with Crippen LogP contribution < -0.4 is 0 Å². The van der Waals surface area contributed by atoms with E-state index in [1.165, 1.54) is 0 Å². The lowest BCUT2D eigenvalue weighted by atomic mass is 10.2. The number of hydrogen-bond donors (Lipinski definition) is 1. The lowest BCUT2D eigenvalue weighted by molar-refractivity contribution is 0.184. The number of aryl methyl sites for hydroxylation is 2. The molecule has 1 atom stereocenters. The molecule has 11 heavy (non-hydrogen) atoms. The Morgan fingerprint density at radius 2 is 2.45 bits per heavy atom. The van der Waals surface area contributed by atoms with Crippen molar-refractivity contribution in [3.05, 3.63) is 18.2 Å². The van der Waals surface area contributed by atoms with Gasteiger partial charge in [0.05, 0.1) is 18.1 Å². The van der Waals surface area contributed by atoms with E-state index in [2.05, 4.69) is 4.98 Å². The minimum atomic E-state index is -0.225. The second-order valence-corrected chi connectivity index (χ2v) is 2.92. The van der Waals surface area contributed by atoms with Gasteiger partial charge in [-0.2, -0.15) is 0 Å². The maximum absolute atomic E-state index is 8.99. The monoisotopic (exact) mass is 154 g/mol. The van der Waals surface area contributed by atoms with Crippen molar-refractivity contribution < 1.29 is 5.11 Å². The van der Waals surface area contributed by atoms with Crippen molar-refractivity contribution >= 4 is 0 Å². The topological polar surface area (TPSA) is 38.0 Å². The van der Waals surface area contributed by atoms with E-state index in [0.29, 0.717) is 0 Å². The number of rotatable bonds is 3. The average Bonchev–Trinajstić information content (AvgIpc) is 2.31. The molecule has 62 valence electrons. The summed E-state index contributed by atoms with van der Waals surface area (Å²) in [5, 5.41) is 8.99. The summed E-state index contributed by atoms with van der Waals surface area (Å²) < 4.78 is 1.91. The van der Waals surface area contributed by atoms with E-state index in [1.807, 2.05) is 17.8 Å². The van der Waals surface area contributed by atoms with Gasteiger partial charge in [-0.1, -0.05) is 0 Å². The van der Waals surface area contributed by atoms with Crippen LogP contribution in [0.2, 0.25) is 0 Å². The molecule has 0 aromatic carbocycles. The fourth-order valence-corrected chi connectivity index (χ4v) is 0.953. The Balaban J connectivity index is 2.39. The summed E-state index contributed by atoms with van der Waals surface area (Å²) in [6.45, 7) is 1.79. The molecule has 1 aromatic heterocycles. The summed E-state index contributed by atoms with van der Waals surface area (Å²) in [5.74, 6) is 0. The Bertz CT molecular complexity index is 218. The highest BCUT2D eigenvalue weighted by atomic mass is 16.3. The van der Waals surface area contributed by atoms with Crippen molar-refractivity contribution in [2.24, 2.45) is 7.05 Å². The highest BCUT2D eigenvalue weighted by molar-refractivity contribution is 4.96. The van der Waals surface area contributed by atoms with Crippen molar-refractivity contribution in [3.63, 3.8) is 0 Å². The van der Waals surface area contributed by atoms with E-state index in [4.69, 9.17) is 5.11 Å². The van der Waals surface area contributed by atoms with E-state index in [0.717, 1.165) is 18.5 Å². The molecule has 0 saturated carbocycles. The zero-order valence-electron chi connectivity index (χ0n) is 6.99. The maximum Gasteiger partial charge on any atom is 0.0946 e. The van der Waals surface area contributed by atoms with Crippen molar-refractivity contribution in [2.75, 3.05) is 0 Å². The number of imidazole rings is 1. The fourth-order valence-electron chi connectivity index (χ4n) is 0.953. The fraction of sp³-hybridized carbons (Fsp3) is 0.625. The molecule has 0 spiro atoms. The molecule has 1 rings (SSSR count). The molecule has 0 aliphatic rings. The highest BCUT2D eigenvalue weighted by Crippen LogP contribution is 2.01. The van der Waals surface area contributed by atoms with Gasteiger partial charge in [0.15, 0.2) is 0 Å². The van der Waals surface area contributed by atoms with Crippen LogP contribution in [0, 0.1) is 0 Å². The Hall–Kier alpha value is -0.830. The minimum absolute atomic E-state index is 0.225. The summed E-state index contributed by atoms with van der Waals surface area (Å²) in [5.41, 5.74) is 1.05. The molecule has 0 aliphatic carbocycles. The van der Waals surface area contributed by atoms with Gasteiger partial charge >= 0.3 is 0 Å². The molecule has 0 amide bonds. The first-order chi connectivity index (χ1) is 5.18. The molecule has 3 heteroatoms. The van der Waals surface area contributed by atoms with Crippen LogP contribution >= 0.6 is 0 Å². The van der Waals surface area contributed by atoms with Gasteiger partial charge in [0.2, 0.25) is 0 Å². The summed E-state index contributed by atoms with van der Waals surface area (Å²) >= 11 is 0. The van der Waals surface area contributed by atoms with E-state index in [1.54, 1.807) is 13.3 Å². The molecule has 0 radical (unpaired) electrons. The Labute approximate surface area is 66.7 Å². The van der Waals surface area contributed by atoms with Crippen molar-refractivity contribution in [1.82, 2.24) is 9.55 Å². The van der Waals surface area contributed by atoms with Crippen LogP contribution in [-0.4, -0.2) is 20.8 Å². The third-order valence-corrected chi connectivity index (χ3v) is 1.58. The van der Waals surface area contributed by atoms with E-state index < -0.39 is 0 Å². The molecular formula is C8H14N2O. The van der Waals surface area contributed by atoms with Crippen LogP contribution in [0.1, 0.15) is 19.0 Å². The van der Waals surface area contributed by atoms with Crippen LogP contribution in [0.3, 0.4) is 0 Å². The van der Waals surface area contributed by atoms with Crippen LogP contribution in [0.15, 0.2) is 12.5 Å². The molecule has 1 aromatic rings. The van der Waals surface area contributed by atoms with Gasteiger partial charge in [-0.05, 0) is 19.8 Å². The Morgan fingerprint density at radius 3 is 2.91 bits per heavy atom. The molecule has 0 saturated heterocycles. The maximum atomic E-state index is 8.99. The van der Waals surface area contributed by atoms with Crippen molar-refractivity contribution in [3.8, 4) is 0 Å². The first-order valence-electron chi connectivity index (χ1n) is 3.83. The summed E-state index contributed by atoms with van der Waals surface area (Å²) in [6.07, 6.45) is 5.17. The molecule has 0 aliphatic heterocycles.